The molecule has 1 aliphatic heterocycles. The maximum absolute atomic E-state index is 6.20. The third-order valence-electron chi connectivity index (χ3n) is 3.45. The molecule has 2 N–H and O–H groups in total. The average Bonchev–Trinajstić information content (AvgIpc) is 2.48. The van der Waals surface area contributed by atoms with Crippen LogP contribution in [0.3, 0.4) is 0 Å². The van der Waals surface area contributed by atoms with Crippen molar-refractivity contribution in [3.05, 3.63) is 36.3 Å². The molecule has 0 bridgehead atoms. The van der Waals surface area contributed by atoms with Gasteiger partial charge in [0.15, 0.2) is 0 Å². The highest BCUT2D eigenvalue weighted by Crippen LogP contribution is 2.29. The highest BCUT2D eigenvalue weighted by molar-refractivity contribution is 5.75. The standard InChI is InChI=1S/C15H18N4O/c1-11-17-5-4-14(18-11)12-2-3-15(13(16)10-12)19-6-8-20-9-7-19/h2-5,10H,6-9,16H2,1H3. The number of aromatic nitrogens is 2. The van der Waals surface area contributed by atoms with E-state index in [1.54, 1.807) is 6.20 Å². The molecule has 5 heteroatoms. The minimum Gasteiger partial charge on any atom is -0.397 e. The predicted molar refractivity (Wildman–Crippen MR) is 79.6 cm³/mol. The van der Waals surface area contributed by atoms with Gasteiger partial charge in [-0.3, -0.25) is 0 Å². The van der Waals surface area contributed by atoms with Gasteiger partial charge in [0, 0.05) is 24.8 Å². The second-order valence-corrected chi connectivity index (χ2v) is 4.86. The zero-order valence-corrected chi connectivity index (χ0v) is 11.5. The van der Waals surface area contributed by atoms with Crippen molar-refractivity contribution in [3.63, 3.8) is 0 Å². The normalized spacial score (nSPS) is 15.3. The number of rotatable bonds is 2. The third-order valence-corrected chi connectivity index (χ3v) is 3.45. The maximum Gasteiger partial charge on any atom is 0.125 e. The van der Waals surface area contributed by atoms with Crippen LogP contribution in [0.5, 0.6) is 0 Å². The summed E-state index contributed by atoms with van der Waals surface area (Å²) < 4.78 is 5.37. The van der Waals surface area contributed by atoms with E-state index >= 15 is 0 Å². The van der Waals surface area contributed by atoms with Crippen molar-refractivity contribution in [1.82, 2.24) is 9.97 Å². The van der Waals surface area contributed by atoms with E-state index in [0.717, 1.165) is 54.8 Å². The lowest BCUT2D eigenvalue weighted by Crippen LogP contribution is -2.36. The first-order chi connectivity index (χ1) is 9.74. The Morgan fingerprint density at radius 1 is 1.20 bits per heavy atom. The third kappa shape index (κ3) is 2.58. The van der Waals surface area contributed by atoms with Crippen molar-refractivity contribution >= 4 is 11.4 Å². The molecule has 5 nitrogen and oxygen atoms in total. The lowest BCUT2D eigenvalue weighted by molar-refractivity contribution is 0.123. The molecule has 0 unspecified atom stereocenters. The minimum atomic E-state index is 0.756. The molecule has 3 rings (SSSR count). The van der Waals surface area contributed by atoms with E-state index in [-0.39, 0.29) is 0 Å². The van der Waals surface area contributed by atoms with Gasteiger partial charge in [-0.15, -0.1) is 0 Å². The Morgan fingerprint density at radius 2 is 2.00 bits per heavy atom. The molecule has 104 valence electrons. The van der Waals surface area contributed by atoms with Gasteiger partial charge in [0.25, 0.3) is 0 Å². The number of nitrogen functional groups attached to an aromatic ring is 1. The predicted octanol–water partition coefficient (Wildman–Crippen LogP) is 1.87. The number of ether oxygens (including phenoxy) is 1. The van der Waals surface area contributed by atoms with Crippen LogP contribution in [0.1, 0.15) is 5.82 Å². The molecule has 1 saturated heterocycles. The molecule has 2 aromatic rings. The van der Waals surface area contributed by atoms with Crippen LogP contribution in [0.2, 0.25) is 0 Å². The Bertz CT molecular complexity index is 609. The number of nitrogens with two attached hydrogens (primary N) is 1. The van der Waals surface area contributed by atoms with E-state index in [4.69, 9.17) is 10.5 Å². The van der Waals surface area contributed by atoms with Crippen molar-refractivity contribution in [2.45, 2.75) is 6.92 Å². The molecular formula is C15H18N4O. The minimum absolute atomic E-state index is 0.756. The fraction of sp³-hybridized carbons (Fsp3) is 0.333. The highest BCUT2D eigenvalue weighted by atomic mass is 16.5. The van der Waals surface area contributed by atoms with E-state index in [2.05, 4.69) is 27.0 Å². The summed E-state index contributed by atoms with van der Waals surface area (Å²) >= 11 is 0. The molecule has 0 radical (unpaired) electrons. The number of hydrogen-bond acceptors (Lipinski definition) is 5. The summed E-state index contributed by atoms with van der Waals surface area (Å²) in [6, 6.07) is 8.00. The second-order valence-electron chi connectivity index (χ2n) is 4.86. The number of benzene rings is 1. The van der Waals surface area contributed by atoms with Gasteiger partial charge >= 0.3 is 0 Å². The Morgan fingerprint density at radius 3 is 2.70 bits per heavy atom. The molecule has 1 aliphatic rings. The Labute approximate surface area is 118 Å². The van der Waals surface area contributed by atoms with Gasteiger partial charge in [-0.2, -0.15) is 0 Å². The molecular weight excluding hydrogens is 252 g/mol. The summed E-state index contributed by atoms with van der Waals surface area (Å²) in [6.45, 7) is 5.17. The maximum atomic E-state index is 6.20. The monoisotopic (exact) mass is 270 g/mol. The van der Waals surface area contributed by atoms with Gasteiger partial charge in [-0.25, -0.2) is 9.97 Å². The van der Waals surface area contributed by atoms with Crippen molar-refractivity contribution in [3.8, 4) is 11.3 Å². The summed E-state index contributed by atoms with van der Waals surface area (Å²) in [5.41, 5.74) is 9.97. The molecule has 1 aromatic carbocycles. The number of hydrogen-bond donors (Lipinski definition) is 1. The van der Waals surface area contributed by atoms with Gasteiger partial charge in [0.2, 0.25) is 0 Å². The molecule has 0 spiro atoms. The largest absolute Gasteiger partial charge is 0.397 e. The van der Waals surface area contributed by atoms with Crippen LogP contribution in [0, 0.1) is 6.92 Å². The molecule has 2 heterocycles. The highest BCUT2D eigenvalue weighted by Gasteiger charge is 2.14. The van der Waals surface area contributed by atoms with Crippen LogP contribution in [0.25, 0.3) is 11.3 Å². The van der Waals surface area contributed by atoms with Crippen LogP contribution in [-0.4, -0.2) is 36.3 Å². The quantitative estimate of drug-likeness (QED) is 0.844. The molecule has 0 atom stereocenters. The number of aryl methyl sites for hydroxylation is 1. The second kappa shape index (κ2) is 5.46. The van der Waals surface area contributed by atoms with Crippen molar-refractivity contribution in [2.24, 2.45) is 0 Å². The van der Waals surface area contributed by atoms with E-state index in [1.165, 1.54) is 0 Å². The Kier molecular flexibility index (Phi) is 3.52. The topological polar surface area (TPSA) is 64.3 Å². The van der Waals surface area contributed by atoms with E-state index < -0.39 is 0 Å². The van der Waals surface area contributed by atoms with Crippen LogP contribution in [-0.2, 0) is 4.74 Å². The van der Waals surface area contributed by atoms with Gasteiger partial charge in [-0.1, -0.05) is 6.07 Å². The van der Waals surface area contributed by atoms with E-state index in [9.17, 15) is 0 Å². The Balaban J connectivity index is 1.90. The zero-order valence-electron chi connectivity index (χ0n) is 11.5. The summed E-state index contributed by atoms with van der Waals surface area (Å²) in [5.74, 6) is 0.762. The van der Waals surface area contributed by atoms with Crippen LogP contribution in [0.4, 0.5) is 11.4 Å². The smallest absolute Gasteiger partial charge is 0.125 e. The summed E-state index contributed by atoms with van der Waals surface area (Å²) in [7, 11) is 0. The fourth-order valence-electron chi connectivity index (χ4n) is 2.42. The molecule has 0 amide bonds. The van der Waals surface area contributed by atoms with Crippen molar-refractivity contribution < 1.29 is 4.74 Å². The molecule has 0 aliphatic carbocycles. The van der Waals surface area contributed by atoms with E-state index in [0.29, 0.717) is 0 Å². The van der Waals surface area contributed by atoms with Gasteiger partial charge in [0.05, 0.1) is 30.3 Å². The number of morpholine rings is 1. The van der Waals surface area contributed by atoms with Crippen LogP contribution >= 0.6 is 0 Å². The SMILES string of the molecule is Cc1nccc(-c2ccc(N3CCOCC3)c(N)c2)n1. The first kappa shape index (κ1) is 12.9. The van der Waals surface area contributed by atoms with Crippen molar-refractivity contribution in [1.29, 1.82) is 0 Å². The average molecular weight is 270 g/mol. The lowest BCUT2D eigenvalue weighted by atomic mass is 10.1. The fourth-order valence-corrected chi connectivity index (χ4v) is 2.42. The number of nitrogens with zero attached hydrogens (tertiary/aromatic N) is 3. The molecule has 0 saturated carbocycles. The first-order valence-corrected chi connectivity index (χ1v) is 6.76. The van der Waals surface area contributed by atoms with Crippen LogP contribution < -0.4 is 10.6 Å². The Hall–Kier alpha value is -2.14. The zero-order chi connectivity index (χ0) is 13.9. The molecule has 1 fully saturated rings. The molecule has 20 heavy (non-hydrogen) atoms. The van der Waals surface area contributed by atoms with Gasteiger partial charge in [0.1, 0.15) is 5.82 Å². The first-order valence-electron chi connectivity index (χ1n) is 6.76. The molecule has 1 aromatic heterocycles. The summed E-state index contributed by atoms with van der Waals surface area (Å²) in [5, 5.41) is 0. The number of anilines is 2. The van der Waals surface area contributed by atoms with Crippen molar-refractivity contribution in [2.75, 3.05) is 36.9 Å². The summed E-state index contributed by atoms with van der Waals surface area (Å²) in [4.78, 5) is 10.8. The lowest BCUT2D eigenvalue weighted by Gasteiger charge is -2.30. The van der Waals surface area contributed by atoms with E-state index in [1.807, 2.05) is 19.1 Å². The summed E-state index contributed by atoms with van der Waals surface area (Å²) in [6.07, 6.45) is 1.77. The van der Waals surface area contributed by atoms with Gasteiger partial charge < -0.3 is 15.4 Å². The van der Waals surface area contributed by atoms with Crippen LogP contribution in [0.15, 0.2) is 30.5 Å². The van der Waals surface area contributed by atoms with Gasteiger partial charge in [-0.05, 0) is 25.1 Å².